The quantitative estimate of drug-likeness (QED) is 0.343. The molecule has 2 rings (SSSR count). The van der Waals surface area contributed by atoms with Crippen LogP contribution in [0.3, 0.4) is 0 Å². The van der Waals surface area contributed by atoms with Gasteiger partial charge in [-0.15, -0.1) is 0 Å². The molecule has 0 unspecified atom stereocenters. The highest BCUT2D eigenvalue weighted by Gasteiger charge is 2.40. The van der Waals surface area contributed by atoms with Gasteiger partial charge >= 0.3 is 0 Å². The molecule has 2 aliphatic rings. The predicted molar refractivity (Wildman–Crippen MR) is 44.0 cm³/mol. The van der Waals surface area contributed by atoms with E-state index in [1.165, 1.54) is 0 Å². The van der Waals surface area contributed by atoms with Gasteiger partial charge in [0.2, 0.25) is 0 Å². The number of nitrogens with one attached hydrogen (secondary N) is 1. The number of rotatable bonds is 1. The van der Waals surface area contributed by atoms with Gasteiger partial charge in [-0.2, -0.15) is 0 Å². The third-order valence-corrected chi connectivity index (χ3v) is 3.01. The van der Waals surface area contributed by atoms with E-state index in [-0.39, 0.29) is 5.60 Å². The maximum absolute atomic E-state index is 5.37. The summed E-state index contributed by atoms with van der Waals surface area (Å²) in [5.74, 6) is 5.37. The van der Waals surface area contributed by atoms with Crippen LogP contribution < -0.4 is 11.3 Å². The van der Waals surface area contributed by atoms with Gasteiger partial charge in [-0.1, -0.05) is 0 Å². The number of hydrazine groups is 1. The Labute approximate surface area is 72.3 Å². The van der Waals surface area contributed by atoms with Crippen LogP contribution in [0, 0.1) is 0 Å². The lowest BCUT2D eigenvalue weighted by molar-refractivity contribution is -0.315. The summed E-state index contributed by atoms with van der Waals surface area (Å²) in [6.45, 7) is 0.751. The Kier molecular flexibility index (Phi) is 2.32. The molecular formula is C8H16N2O2. The zero-order valence-electron chi connectivity index (χ0n) is 7.21. The molecule has 1 spiro atoms. The van der Waals surface area contributed by atoms with Gasteiger partial charge in [0.25, 0.3) is 0 Å². The number of hydrogen-bond acceptors (Lipinski definition) is 4. The second kappa shape index (κ2) is 3.30. The van der Waals surface area contributed by atoms with Crippen LogP contribution in [-0.4, -0.2) is 18.2 Å². The summed E-state index contributed by atoms with van der Waals surface area (Å²) in [5, 5.41) is 0. The molecule has 4 heteroatoms. The third kappa shape index (κ3) is 1.47. The fraction of sp³-hybridized carbons (Fsp3) is 1.00. The molecule has 3 N–H and O–H groups in total. The Morgan fingerprint density at radius 1 is 1.25 bits per heavy atom. The molecule has 0 aromatic heterocycles. The summed E-state index contributed by atoms with van der Waals surface area (Å²) in [6, 6.07) is 0.472. The van der Waals surface area contributed by atoms with Gasteiger partial charge in [0.05, 0.1) is 6.61 Å². The van der Waals surface area contributed by atoms with Gasteiger partial charge in [0.1, 0.15) is 5.60 Å². The van der Waals surface area contributed by atoms with E-state index in [2.05, 4.69) is 5.43 Å². The van der Waals surface area contributed by atoms with E-state index in [1.54, 1.807) is 0 Å². The van der Waals surface area contributed by atoms with Crippen molar-refractivity contribution in [3.63, 3.8) is 0 Å². The smallest absolute Gasteiger partial charge is 0.106 e. The van der Waals surface area contributed by atoms with Gasteiger partial charge < -0.3 is 0 Å². The monoisotopic (exact) mass is 172 g/mol. The molecule has 1 aliphatic heterocycles. The van der Waals surface area contributed by atoms with Crippen molar-refractivity contribution in [1.82, 2.24) is 5.43 Å². The highest BCUT2D eigenvalue weighted by Crippen LogP contribution is 2.37. The number of nitrogens with two attached hydrogens (primary N) is 1. The van der Waals surface area contributed by atoms with Crippen molar-refractivity contribution in [2.24, 2.45) is 5.84 Å². The molecule has 0 amide bonds. The highest BCUT2D eigenvalue weighted by atomic mass is 17.2. The van der Waals surface area contributed by atoms with Crippen molar-refractivity contribution in [2.45, 2.75) is 43.7 Å². The minimum Gasteiger partial charge on any atom is -0.271 e. The first-order valence-electron chi connectivity index (χ1n) is 4.61. The Morgan fingerprint density at radius 2 is 2.00 bits per heavy atom. The summed E-state index contributed by atoms with van der Waals surface area (Å²) in [5.41, 5.74) is 2.85. The van der Waals surface area contributed by atoms with E-state index in [4.69, 9.17) is 15.6 Å². The van der Waals surface area contributed by atoms with Crippen molar-refractivity contribution < 1.29 is 9.78 Å². The van der Waals surface area contributed by atoms with Gasteiger partial charge in [-0.25, -0.2) is 9.78 Å². The van der Waals surface area contributed by atoms with Crippen LogP contribution >= 0.6 is 0 Å². The highest BCUT2D eigenvalue weighted by molar-refractivity contribution is 4.89. The van der Waals surface area contributed by atoms with Crippen molar-refractivity contribution in [3.8, 4) is 0 Å². The van der Waals surface area contributed by atoms with Crippen LogP contribution in [0.25, 0.3) is 0 Å². The minimum atomic E-state index is 0.0351. The lowest BCUT2D eigenvalue weighted by Gasteiger charge is -2.33. The van der Waals surface area contributed by atoms with E-state index in [0.29, 0.717) is 6.04 Å². The van der Waals surface area contributed by atoms with Crippen molar-refractivity contribution >= 4 is 0 Å². The third-order valence-electron chi connectivity index (χ3n) is 3.01. The van der Waals surface area contributed by atoms with Crippen LogP contribution in [0.2, 0.25) is 0 Å². The molecule has 0 bridgehead atoms. The molecule has 4 nitrogen and oxygen atoms in total. The molecule has 1 heterocycles. The lowest BCUT2D eigenvalue weighted by atomic mass is 9.81. The van der Waals surface area contributed by atoms with Crippen molar-refractivity contribution in [3.05, 3.63) is 0 Å². The Balaban J connectivity index is 1.88. The molecule has 12 heavy (non-hydrogen) atoms. The molecular weight excluding hydrogens is 156 g/mol. The summed E-state index contributed by atoms with van der Waals surface area (Å²) >= 11 is 0. The van der Waals surface area contributed by atoms with E-state index in [1.807, 2.05) is 0 Å². The first kappa shape index (κ1) is 8.44. The molecule has 0 aromatic carbocycles. The average molecular weight is 172 g/mol. The van der Waals surface area contributed by atoms with E-state index in [9.17, 15) is 0 Å². The SMILES string of the molecule is NNC1CCC2(CCOO2)CC1. The molecule has 2 fully saturated rings. The van der Waals surface area contributed by atoms with Crippen LogP contribution in [0.15, 0.2) is 0 Å². The lowest BCUT2D eigenvalue weighted by Crippen LogP contribution is -2.43. The maximum atomic E-state index is 5.37. The van der Waals surface area contributed by atoms with Gasteiger partial charge in [-0.3, -0.25) is 11.3 Å². The zero-order valence-corrected chi connectivity index (χ0v) is 7.21. The molecule has 1 aliphatic carbocycles. The first-order valence-corrected chi connectivity index (χ1v) is 4.61. The average Bonchev–Trinajstić information content (AvgIpc) is 2.55. The molecule has 70 valence electrons. The Hall–Kier alpha value is -0.160. The maximum Gasteiger partial charge on any atom is 0.106 e. The largest absolute Gasteiger partial charge is 0.271 e. The molecule has 0 radical (unpaired) electrons. The zero-order chi connectivity index (χ0) is 8.44. The molecule has 0 atom stereocenters. The van der Waals surface area contributed by atoms with Crippen LogP contribution in [0.1, 0.15) is 32.1 Å². The summed E-state index contributed by atoms with van der Waals surface area (Å²) < 4.78 is 0. The van der Waals surface area contributed by atoms with E-state index >= 15 is 0 Å². The Morgan fingerprint density at radius 3 is 2.50 bits per heavy atom. The summed E-state index contributed by atoms with van der Waals surface area (Å²) in [7, 11) is 0. The van der Waals surface area contributed by atoms with Crippen molar-refractivity contribution in [1.29, 1.82) is 0 Å². The predicted octanol–water partition coefficient (Wildman–Crippen LogP) is 0.483. The fourth-order valence-corrected chi connectivity index (χ4v) is 2.08. The van der Waals surface area contributed by atoms with Crippen molar-refractivity contribution in [2.75, 3.05) is 6.61 Å². The number of hydrogen-bond donors (Lipinski definition) is 2. The minimum absolute atomic E-state index is 0.0351. The first-order chi connectivity index (χ1) is 5.85. The fourth-order valence-electron chi connectivity index (χ4n) is 2.08. The molecule has 1 saturated heterocycles. The van der Waals surface area contributed by atoms with E-state index < -0.39 is 0 Å². The van der Waals surface area contributed by atoms with Gasteiger partial charge in [0.15, 0.2) is 0 Å². The second-order valence-electron chi connectivity index (χ2n) is 3.78. The van der Waals surface area contributed by atoms with Crippen LogP contribution in [-0.2, 0) is 9.78 Å². The van der Waals surface area contributed by atoms with Crippen LogP contribution in [0.4, 0.5) is 0 Å². The normalized spacial score (nSPS) is 42.2. The Bertz CT molecular complexity index is 147. The van der Waals surface area contributed by atoms with Gasteiger partial charge in [-0.05, 0) is 25.7 Å². The summed E-state index contributed by atoms with van der Waals surface area (Å²) in [6.07, 6.45) is 5.38. The molecule has 0 aromatic rings. The second-order valence-corrected chi connectivity index (χ2v) is 3.78. The standard InChI is InChI=1S/C8H16N2O2/c9-10-7-1-3-8(4-2-7)5-6-11-12-8/h7,10H,1-6,9H2. The molecule has 1 saturated carbocycles. The summed E-state index contributed by atoms with van der Waals surface area (Å²) in [4.78, 5) is 10.3. The van der Waals surface area contributed by atoms with Gasteiger partial charge in [0, 0.05) is 12.5 Å². The van der Waals surface area contributed by atoms with E-state index in [0.717, 1.165) is 38.7 Å². The topological polar surface area (TPSA) is 56.5 Å². The van der Waals surface area contributed by atoms with Crippen LogP contribution in [0.5, 0.6) is 0 Å².